The molecule has 100 valence electrons. The molecule has 0 atom stereocenters. The van der Waals surface area contributed by atoms with Crippen LogP contribution < -0.4 is 16.4 Å². The molecule has 0 aromatic carbocycles. The Morgan fingerprint density at radius 1 is 1.44 bits per heavy atom. The largest absolute Gasteiger partial charge is 0.381 e. The third kappa shape index (κ3) is 4.15. The van der Waals surface area contributed by atoms with Gasteiger partial charge in [-0.25, -0.2) is 13.8 Å². The summed E-state index contributed by atoms with van der Waals surface area (Å²) in [6.45, 7) is 3.87. The number of nitrogens with zero attached hydrogens (tertiary/aromatic N) is 1. The Balaban J connectivity index is 2.49. The number of anilines is 2. The van der Waals surface area contributed by atoms with Crippen molar-refractivity contribution in [2.24, 2.45) is 0 Å². The maximum absolute atomic E-state index is 13.2. The quantitative estimate of drug-likeness (QED) is 0.743. The van der Waals surface area contributed by atoms with Gasteiger partial charge in [0.25, 0.3) is 0 Å². The van der Waals surface area contributed by atoms with Crippen LogP contribution in [0.2, 0.25) is 0 Å². The molecule has 1 heterocycles. The van der Waals surface area contributed by atoms with Gasteiger partial charge in [0.05, 0.1) is 0 Å². The summed E-state index contributed by atoms with van der Waals surface area (Å²) >= 11 is 0. The molecule has 1 aromatic heterocycles. The normalized spacial score (nSPS) is 10.5. The first-order valence-electron chi connectivity index (χ1n) is 5.55. The monoisotopic (exact) mass is 258 g/mol. The molecule has 0 aliphatic rings. The van der Waals surface area contributed by atoms with Crippen molar-refractivity contribution in [2.75, 3.05) is 17.6 Å². The van der Waals surface area contributed by atoms with E-state index in [1.165, 1.54) is 0 Å². The van der Waals surface area contributed by atoms with Crippen molar-refractivity contribution in [3.05, 3.63) is 17.7 Å². The number of halogens is 2. The number of nitrogen functional groups attached to an aromatic ring is 1. The predicted octanol–water partition coefficient (Wildman–Crippen LogP) is 1.27. The second-order valence-electron chi connectivity index (χ2n) is 4.08. The van der Waals surface area contributed by atoms with E-state index in [1.807, 2.05) is 13.8 Å². The number of hydrogen-bond donors (Lipinski definition) is 3. The Hall–Kier alpha value is -1.92. The molecule has 5 nitrogen and oxygen atoms in total. The number of carbonyl (C=O) groups excluding carboxylic acids is 1. The fourth-order valence-electron chi connectivity index (χ4n) is 1.29. The maximum Gasteiger partial charge on any atom is 0.221 e. The summed E-state index contributed by atoms with van der Waals surface area (Å²) in [4.78, 5) is 14.8. The lowest BCUT2D eigenvalue weighted by molar-refractivity contribution is -0.121. The van der Waals surface area contributed by atoms with E-state index in [9.17, 15) is 13.6 Å². The van der Waals surface area contributed by atoms with E-state index in [4.69, 9.17) is 5.73 Å². The summed E-state index contributed by atoms with van der Waals surface area (Å²) in [6.07, 6.45) is 0.163. The highest BCUT2D eigenvalue weighted by molar-refractivity contribution is 5.76. The van der Waals surface area contributed by atoms with Gasteiger partial charge in [0, 0.05) is 25.1 Å². The highest BCUT2D eigenvalue weighted by Gasteiger charge is 2.10. The molecule has 0 fully saturated rings. The summed E-state index contributed by atoms with van der Waals surface area (Å²) < 4.78 is 26.1. The molecule has 1 aromatic rings. The van der Waals surface area contributed by atoms with Crippen molar-refractivity contribution in [1.82, 2.24) is 10.3 Å². The number of aromatic nitrogens is 1. The first kappa shape index (κ1) is 14.1. The Bertz CT molecular complexity index is 437. The van der Waals surface area contributed by atoms with Crippen LogP contribution in [-0.2, 0) is 4.79 Å². The van der Waals surface area contributed by atoms with Gasteiger partial charge in [-0.1, -0.05) is 0 Å². The van der Waals surface area contributed by atoms with Crippen molar-refractivity contribution in [3.8, 4) is 0 Å². The standard InChI is InChI=1S/C11H16F2N4O/c1-6(2)16-9(18)3-4-15-11-8(13)5-7(12)10(14)17-11/h5-6H,3-4H2,1-2H3,(H,16,18)(H3,14,15,17). The molecule has 1 rings (SSSR count). The molecular formula is C11H16F2N4O. The van der Waals surface area contributed by atoms with E-state index in [0.29, 0.717) is 6.07 Å². The zero-order valence-corrected chi connectivity index (χ0v) is 10.3. The average molecular weight is 258 g/mol. The lowest BCUT2D eigenvalue weighted by Gasteiger charge is -2.10. The minimum absolute atomic E-state index is 0.0498. The van der Waals surface area contributed by atoms with Crippen LogP contribution in [-0.4, -0.2) is 23.5 Å². The van der Waals surface area contributed by atoms with Crippen LogP contribution in [0.3, 0.4) is 0 Å². The van der Waals surface area contributed by atoms with Gasteiger partial charge in [0.1, 0.15) is 0 Å². The van der Waals surface area contributed by atoms with Crippen molar-refractivity contribution in [3.63, 3.8) is 0 Å². The molecule has 4 N–H and O–H groups in total. The molecular weight excluding hydrogens is 242 g/mol. The smallest absolute Gasteiger partial charge is 0.221 e. The molecule has 18 heavy (non-hydrogen) atoms. The van der Waals surface area contributed by atoms with E-state index in [1.54, 1.807) is 0 Å². The Kier molecular flexibility index (Phi) is 4.82. The summed E-state index contributed by atoms with van der Waals surface area (Å²) in [5, 5.41) is 5.28. The van der Waals surface area contributed by atoms with Crippen LogP contribution in [0, 0.1) is 11.6 Å². The molecule has 0 aliphatic heterocycles. The third-order valence-corrected chi connectivity index (χ3v) is 2.05. The molecule has 7 heteroatoms. The molecule has 0 saturated carbocycles. The minimum atomic E-state index is -0.907. The van der Waals surface area contributed by atoms with Gasteiger partial charge in [-0.2, -0.15) is 0 Å². The van der Waals surface area contributed by atoms with Crippen LogP contribution >= 0.6 is 0 Å². The first-order valence-corrected chi connectivity index (χ1v) is 5.55. The number of hydrogen-bond acceptors (Lipinski definition) is 4. The van der Waals surface area contributed by atoms with Crippen molar-refractivity contribution >= 4 is 17.5 Å². The van der Waals surface area contributed by atoms with Gasteiger partial charge in [0.15, 0.2) is 23.3 Å². The molecule has 0 unspecified atom stereocenters. The third-order valence-electron chi connectivity index (χ3n) is 2.05. The Morgan fingerprint density at radius 3 is 2.72 bits per heavy atom. The number of rotatable bonds is 5. The molecule has 0 aliphatic carbocycles. The summed E-state index contributed by atoms with van der Waals surface area (Å²) in [7, 11) is 0. The van der Waals surface area contributed by atoms with Gasteiger partial charge in [-0.15, -0.1) is 0 Å². The van der Waals surface area contributed by atoms with Gasteiger partial charge in [-0.05, 0) is 13.8 Å². The van der Waals surface area contributed by atoms with Crippen LogP contribution in [0.5, 0.6) is 0 Å². The second-order valence-corrected chi connectivity index (χ2v) is 4.08. The number of nitrogens with one attached hydrogen (secondary N) is 2. The topological polar surface area (TPSA) is 80.0 Å². The number of amides is 1. The first-order chi connectivity index (χ1) is 8.40. The molecule has 0 radical (unpaired) electrons. The zero-order chi connectivity index (χ0) is 13.7. The lowest BCUT2D eigenvalue weighted by atomic mass is 10.3. The molecule has 1 amide bonds. The Morgan fingerprint density at radius 2 is 2.11 bits per heavy atom. The highest BCUT2D eigenvalue weighted by atomic mass is 19.1. The van der Waals surface area contributed by atoms with E-state index in [-0.39, 0.29) is 36.6 Å². The number of carbonyl (C=O) groups is 1. The van der Waals surface area contributed by atoms with Crippen LogP contribution in [0.4, 0.5) is 20.4 Å². The van der Waals surface area contributed by atoms with E-state index < -0.39 is 11.6 Å². The second kappa shape index (κ2) is 6.13. The lowest BCUT2D eigenvalue weighted by Crippen LogP contribution is -2.31. The number of nitrogens with two attached hydrogens (primary N) is 1. The fourth-order valence-corrected chi connectivity index (χ4v) is 1.29. The van der Waals surface area contributed by atoms with E-state index in [2.05, 4.69) is 15.6 Å². The maximum atomic E-state index is 13.2. The SMILES string of the molecule is CC(C)NC(=O)CCNc1nc(N)c(F)cc1F. The van der Waals surface area contributed by atoms with Crippen LogP contribution in [0.1, 0.15) is 20.3 Å². The van der Waals surface area contributed by atoms with E-state index >= 15 is 0 Å². The molecule has 0 spiro atoms. The average Bonchev–Trinajstić information content (AvgIpc) is 2.24. The highest BCUT2D eigenvalue weighted by Crippen LogP contribution is 2.16. The van der Waals surface area contributed by atoms with Crippen LogP contribution in [0.15, 0.2) is 6.07 Å². The number of pyridine rings is 1. The summed E-state index contributed by atoms with van der Waals surface area (Å²) in [5.74, 6) is -2.45. The summed E-state index contributed by atoms with van der Waals surface area (Å²) in [5.41, 5.74) is 5.21. The van der Waals surface area contributed by atoms with Crippen LogP contribution in [0.25, 0.3) is 0 Å². The summed E-state index contributed by atoms with van der Waals surface area (Å²) in [6, 6.07) is 0.701. The molecule has 0 bridgehead atoms. The van der Waals surface area contributed by atoms with Crippen molar-refractivity contribution in [1.29, 1.82) is 0 Å². The van der Waals surface area contributed by atoms with Gasteiger partial charge >= 0.3 is 0 Å². The Labute approximate surface area is 104 Å². The van der Waals surface area contributed by atoms with Gasteiger partial charge < -0.3 is 16.4 Å². The van der Waals surface area contributed by atoms with E-state index in [0.717, 1.165) is 0 Å². The van der Waals surface area contributed by atoms with Crippen molar-refractivity contribution in [2.45, 2.75) is 26.3 Å². The van der Waals surface area contributed by atoms with Gasteiger partial charge in [-0.3, -0.25) is 4.79 Å². The van der Waals surface area contributed by atoms with Crippen molar-refractivity contribution < 1.29 is 13.6 Å². The zero-order valence-electron chi connectivity index (χ0n) is 10.3. The van der Waals surface area contributed by atoms with Gasteiger partial charge in [0.2, 0.25) is 5.91 Å². The minimum Gasteiger partial charge on any atom is -0.381 e. The predicted molar refractivity (Wildman–Crippen MR) is 65.0 cm³/mol. The molecule has 0 saturated heterocycles. The fraction of sp³-hybridized carbons (Fsp3) is 0.455.